The zero-order valence-electron chi connectivity index (χ0n) is 19.5. The van der Waals surface area contributed by atoms with Crippen molar-refractivity contribution < 1.29 is 9.50 Å². The van der Waals surface area contributed by atoms with Gasteiger partial charge in [0.15, 0.2) is 0 Å². The molecule has 0 saturated carbocycles. The molecule has 5 aromatic rings. The van der Waals surface area contributed by atoms with Gasteiger partial charge in [-0.05, 0) is 34.4 Å². The molecule has 1 unspecified atom stereocenters. The first kappa shape index (κ1) is 23.2. The maximum absolute atomic E-state index is 14.1. The number of aromatic nitrogens is 2. The molecule has 0 aliphatic carbocycles. The second kappa shape index (κ2) is 9.99. The predicted molar refractivity (Wildman–Crippen MR) is 137 cm³/mol. The number of hydrogen-bond acceptors (Lipinski definition) is 3. The van der Waals surface area contributed by atoms with Crippen LogP contribution in [0.5, 0.6) is 0 Å². The maximum atomic E-state index is 14.1. The van der Waals surface area contributed by atoms with Gasteiger partial charge in [-0.3, -0.25) is 0 Å². The summed E-state index contributed by atoms with van der Waals surface area (Å²) in [5.74, 6) is 0.0762. The van der Waals surface area contributed by atoms with E-state index in [1.807, 2.05) is 54.6 Å². The number of halogens is 1. The van der Waals surface area contributed by atoms with Crippen LogP contribution in [0.3, 0.4) is 0 Å². The van der Waals surface area contributed by atoms with Gasteiger partial charge in [0.2, 0.25) is 0 Å². The second-order valence-corrected chi connectivity index (χ2v) is 8.66. The Kier molecular flexibility index (Phi) is 6.44. The Morgan fingerprint density at radius 3 is 1.83 bits per heavy atom. The molecule has 36 heavy (non-hydrogen) atoms. The number of nitrogens with one attached hydrogen (secondary N) is 1. The number of benzene rings is 4. The molecule has 0 aliphatic heterocycles. The average molecular weight is 474 g/mol. The number of aliphatic hydroxyl groups is 1. The van der Waals surface area contributed by atoms with Crippen LogP contribution in [0.2, 0.25) is 0 Å². The monoisotopic (exact) mass is 473 g/mol. The van der Waals surface area contributed by atoms with Gasteiger partial charge < -0.3 is 10.1 Å². The van der Waals surface area contributed by atoms with Crippen LogP contribution in [0.15, 0.2) is 115 Å². The van der Waals surface area contributed by atoms with Crippen molar-refractivity contribution in [3.63, 3.8) is 0 Å². The Hall–Kier alpha value is -4.53. The molecule has 0 amide bonds. The van der Waals surface area contributed by atoms with Gasteiger partial charge in [-0.2, -0.15) is 5.26 Å². The van der Waals surface area contributed by atoms with E-state index in [4.69, 9.17) is 10.2 Å². The second-order valence-electron chi connectivity index (χ2n) is 8.66. The lowest BCUT2D eigenvalue weighted by atomic mass is 9.69. The SMILES string of the molecule is N#Cc1ccc(C(O)Cc2c[nH]c(C(c3ccccc3)(c3ccccc3)c3ccccc3)n2)cc1F. The topological polar surface area (TPSA) is 72.7 Å². The minimum Gasteiger partial charge on any atom is -0.388 e. The fourth-order valence-electron chi connectivity index (χ4n) is 4.78. The van der Waals surface area contributed by atoms with E-state index in [0.29, 0.717) is 11.3 Å². The van der Waals surface area contributed by atoms with Gasteiger partial charge in [-0.25, -0.2) is 9.37 Å². The van der Waals surface area contributed by atoms with Gasteiger partial charge in [0.1, 0.15) is 23.1 Å². The lowest BCUT2D eigenvalue weighted by Crippen LogP contribution is -2.32. The third-order valence-electron chi connectivity index (χ3n) is 6.51. The summed E-state index contributed by atoms with van der Waals surface area (Å²) in [6, 6.07) is 36.6. The van der Waals surface area contributed by atoms with Crippen molar-refractivity contribution in [3.05, 3.63) is 161 Å². The van der Waals surface area contributed by atoms with Crippen molar-refractivity contribution in [1.29, 1.82) is 5.26 Å². The van der Waals surface area contributed by atoms with E-state index in [1.54, 1.807) is 18.3 Å². The van der Waals surface area contributed by atoms with Crippen LogP contribution in [-0.4, -0.2) is 15.1 Å². The van der Waals surface area contributed by atoms with E-state index in [-0.39, 0.29) is 12.0 Å². The zero-order valence-corrected chi connectivity index (χ0v) is 19.5. The molecule has 1 aromatic heterocycles. The first-order chi connectivity index (χ1) is 17.6. The number of aromatic amines is 1. The molecule has 1 atom stereocenters. The summed E-state index contributed by atoms with van der Waals surface area (Å²) >= 11 is 0. The molecule has 2 N–H and O–H groups in total. The summed E-state index contributed by atoms with van der Waals surface area (Å²) < 4.78 is 14.1. The van der Waals surface area contributed by atoms with Gasteiger partial charge in [-0.1, -0.05) is 97.1 Å². The summed E-state index contributed by atoms with van der Waals surface area (Å²) in [6.07, 6.45) is 1.02. The van der Waals surface area contributed by atoms with Crippen LogP contribution in [0, 0.1) is 17.1 Å². The van der Waals surface area contributed by atoms with Gasteiger partial charge in [0, 0.05) is 12.6 Å². The predicted octanol–water partition coefficient (Wildman–Crippen LogP) is 6.08. The smallest absolute Gasteiger partial charge is 0.141 e. The highest BCUT2D eigenvalue weighted by atomic mass is 19.1. The number of imidazole rings is 1. The van der Waals surface area contributed by atoms with Crippen LogP contribution in [-0.2, 0) is 11.8 Å². The number of hydrogen-bond donors (Lipinski definition) is 2. The molecule has 0 saturated heterocycles. The molecular formula is C31H24FN3O. The lowest BCUT2D eigenvalue weighted by Gasteiger charge is -2.34. The first-order valence-corrected chi connectivity index (χ1v) is 11.7. The Labute approximate surface area is 209 Å². The molecule has 4 aromatic carbocycles. The molecule has 0 aliphatic rings. The van der Waals surface area contributed by atoms with Crippen molar-refractivity contribution in [2.75, 3.05) is 0 Å². The van der Waals surface area contributed by atoms with Crippen LogP contribution >= 0.6 is 0 Å². The molecule has 0 radical (unpaired) electrons. The molecule has 0 fully saturated rings. The molecule has 5 rings (SSSR count). The number of nitrogens with zero attached hydrogens (tertiary/aromatic N) is 2. The fraction of sp³-hybridized carbons (Fsp3) is 0.0968. The van der Waals surface area contributed by atoms with E-state index < -0.39 is 17.3 Å². The Balaban J connectivity index is 1.61. The third-order valence-corrected chi connectivity index (χ3v) is 6.51. The van der Waals surface area contributed by atoms with E-state index in [9.17, 15) is 9.50 Å². The van der Waals surface area contributed by atoms with Crippen molar-refractivity contribution in [3.8, 4) is 6.07 Å². The highest BCUT2D eigenvalue weighted by Gasteiger charge is 2.41. The number of H-pyrrole nitrogens is 1. The molecule has 5 heteroatoms. The summed E-state index contributed by atoms with van der Waals surface area (Å²) in [6.45, 7) is 0. The number of nitriles is 1. The molecule has 0 bridgehead atoms. The van der Waals surface area contributed by atoms with Crippen LogP contribution in [0.25, 0.3) is 0 Å². The van der Waals surface area contributed by atoms with E-state index in [2.05, 4.69) is 41.4 Å². The highest BCUT2D eigenvalue weighted by Crippen LogP contribution is 2.43. The van der Waals surface area contributed by atoms with Crippen LogP contribution in [0.4, 0.5) is 4.39 Å². The quantitative estimate of drug-likeness (QED) is 0.281. The minimum absolute atomic E-state index is 0.0497. The average Bonchev–Trinajstić information content (AvgIpc) is 3.39. The Morgan fingerprint density at radius 1 is 0.833 bits per heavy atom. The van der Waals surface area contributed by atoms with Gasteiger partial charge in [-0.15, -0.1) is 0 Å². The van der Waals surface area contributed by atoms with Crippen LogP contribution < -0.4 is 0 Å². The molecule has 176 valence electrons. The minimum atomic E-state index is -0.969. The summed E-state index contributed by atoms with van der Waals surface area (Å²) in [5.41, 5.74) is 3.44. The first-order valence-electron chi connectivity index (χ1n) is 11.7. The van der Waals surface area contributed by atoms with Gasteiger partial charge >= 0.3 is 0 Å². The molecule has 4 nitrogen and oxygen atoms in total. The van der Waals surface area contributed by atoms with Gasteiger partial charge in [0.05, 0.1) is 17.4 Å². The number of aliphatic hydroxyl groups excluding tert-OH is 1. The normalized spacial score (nSPS) is 12.1. The number of rotatable bonds is 7. The zero-order chi connectivity index (χ0) is 25.0. The van der Waals surface area contributed by atoms with E-state index in [0.717, 1.165) is 22.5 Å². The maximum Gasteiger partial charge on any atom is 0.141 e. The molecule has 0 spiro atoms. The summed E-state index contributed by atoms with van der Waals surface area (Å²) in [7, 11) is 0. The molecular weight excluding hydrogens is 449 g/mol. The standard InChI is InChI=1S/C31H24FN3O/c32-28-18-22(16-17-23(28)20-33)29(36)19-27-21-34-30(35-27)31(24-10-4-1-5-11-24,25-12-6-2-7-13-25)26-14-8-3-9-15-26/h1-18,21,29,36H,19H2,(H,34,35). The largest absolute Gasteiger partial charge is 0.388 e. The van der Waals surface area contributed by atoms with Gasteiger partial charge in [0.25, 0.3) is 0 Å². The van der Waals surface area contributed by atoms with E-state index in [1.165, 1.54) is 12.1 Å². The summed E-state index contributed by atoms with van der Waals surface area (Å²) in [5, 5.41) is 19.8. The van der Waals surface area contributed by atoms with Crippen molar-refractivity contribution in [1.82, 2.24) is 9.97 Å². The van der Waals surface area contributed by atoms with Crippen molar-refractivity contribution in [2.24, 2.45) is 0 Å². The fourth-order valence-corrected chi connectivity index (χ4v) is 4.78. The van der Waals surface area contributed by atoms with E-state index >= 15 is 0 Å². The lowest BCUT2D eigenvalue weighted by molar-refractivity contribution is 0.177. The Bertz CT molecular complexity index is 1390. The highest BCUT2D eigenvalue weighted by molar-refractivity contribution is 5.56. The van der Waals surface area contributed by atoms with Crippen LogP contribution in [0.1, 0.15) is 45.4 Å². The molecule has 1 heterocycles. The van der Waals surface area contributed by atoms with Crippen molar-refractivity contribution in [2.45, 2.75) is 17.9 Å². The Morgan fingerprint density at radius 2 is 1.36 bits per heavy atom. The third kappa shape index (κ3) is 4.19. The van der Waals surface area contributed by atoms with Crippen molar-refractivity contribution >= 4 is 0 Å². The summed E-state index contributed by atoms with van der Waals surface area (Å²) in [4.78, 5) is 8.36.